The second kappa shape index (κ2) is 5.52. The van der Waals surface area contributed by atoms with Gasteiger partial charge in [0.2, 0.25) is 0 Å². The van der Waals surface area contributed by atoms with Gasteiger partial charge in [-0.05, 0) is 30.5 Å². The summed E-state index contributed by atoms with van der Waals surface area (Å²) >= 11 is 6.02. The van der Waals surface area contributed by atoms with Crippen molar-refractivity contribution in [3.63, 3.8) is 0 Å². The molecule has 0 spiro atoms. The molecule has 0 atom stereocenters. The SMILES string of the molecule is O=C(NC1CCCC1)c1ccc(CO)cc1Cl. The van der Waals surface area contributed by atoms with E-state index in [1.807, 2.05) is 0 Å². The normalized spacial score (nSPS) is 16.1. The molecule has 1 fully saturated rings. The first kappa shape index (κ1) is 12.4. The van der Waals surface area contributed by atoms with Gasteiger partial charge in [0.15, 0.2) is 0 Å². The van der Waals surface area contributed by atoms with E-state index in [0.29, 0.717) is 16.1 Å². The molecule has 2 rings (SSSR count). The highest BCUT2D eigenvalue weighted by Crippen LogP contribution is 2.21. The quantitative estimate of drug-likeness (QED) is 0.870. The molecule has 1 aliphatic carbocycles. The van der Waals surface area contributed by atoms with Gasteiger partial charge in [0.05, 0.1) is 17.2 Å². The van der Waals surface area contributed by atoms with E-state index in [9.17, 15) is 4.79 Å². The van der Waals surface area contributed by atoms with Gasteiger partial charge in [0, 0.05) is 6.04 Å². The van der Waals surface area contributed by atoms with Crippen LogP contribution in [0.15, 0.2) is 18.2 Å². The highest BCUT2D eigenvalue weighted by molar-refractivity contribution is 6.33. The highest BCUT2D eigenvalue weighted by atomic mass is 35.5. The molecule has 1 amide bonds. The summed E-state index contributed by atoms with van der Waals surface area (Å²) in [5.74, 6) is -0.119. The van der Waals surface area contributed by atoms with Crippen molar-refractivity contribution in [2.24, 2.45) is 0 Å². The van der Waals surface area contributed by atoms with Crippen molar-refractivity contribution < 1.29 is 9.90 Å². The minimum absolute atomic E-state index is 0.0652. The molecule has 3 nitrogen and oxygen atoms in total. The molecule has 0 heterocycles. The number of carbonyl (C=O) groups is 1. The van der Waals surface area contributed by atoms with Crippen molar-refractivity contribution in [1.82, 2.24) is 5.32 Å². The number of hydrogen-bond donors (Lipinski definition) is 2. The first-order valence-corrected chi connectivity index (χ1v) is 6.28. The lowest BCUT2D eigenvalue weighted by atomic mass is 10.1. The number of halogens is 1. The van der Waals surface area contributed by atoms with Crippen molar-refractivity contribution in [2.45, 2.75) is 38.3 Å². The van der Waals surface area contributed by atoms with Crippen molar-refractivity contribution in [3.05, 3.63) is 34.3 Å². The van der Waals surface area contributed by atoms with Crippen molar-refractivity contribution >= 4 is 17.5 Å². The first-order valence-electron chi connectivity index (χ1n) is 5.91. The number of hydrogen-bond acceptors (Lipinski definition) is 2. The summed E-state index contributed by atoms with van der Waals surface area (Å²) in [5, 5.41) is 12.3. The van der Waals surface area contributed by atoms with Crippen LogP contribution in [0.5, 0.6) is 0 Å². The molecule has 1 aromatic rings. The number of rotatable bonds is 3. The predicted octanol–water partition coefficient (Wildman–Crippen LogP) is 2.50. The smallest absolute Gasteiger partial charge is 0.253 e. The van der Waals surface area contributed by atoms with Crippen LogP contribution >= 0.6 is 11.6 Å². The van der Waals surface area contributed by atoms with E-state index in [2.05, 4.69) is 5.32 Å². The van der Waals surface area contributed by atoms with Gasteiger partial charge in [-0.1, -0.05) is 30.5 Å². The van der Waals surface area contributed by atoms with Gasteiger partial charge < -0.3 is 10.4 Å². The minimum atomic E-state index is -0.119. The number of nitrogens with one attached hydrogen (secondary N) is 1. The second-order valence-corrected chi connectivity index (χ2v) is 4.83. The molecule has 17 heavy (non-hydrogen) atoms. The molecule has 0 saturated heterocycles. The molecule has 92 valence electrons. The molecular formula is C13H16ClNO2. The van der Waals surface area contributed by atoms with Crippen LogP contribution in [0, 0.1) is 0 Å². The maximum atomic E-state index is 12.0. The largest absolute Gasteiger partial charge is 0.392 e. The zero-order valence-electron chi connectivity index (χ0n) is 9.58. The average Bonchev–Trinajstić information content (AvgIpc) is 2.81. The van der Waals surface area contributed by atoms with Gasteiger partial charge >= 0.3 is 0 Å². The van der Waals surface area contributed by atoms with E-state index < -0.39 is 0 Å². The summed E-state index contributed by atoms with van der Waals surface area (Å²) in [6.45, 7) is -0.0652. The zero-order chi connectivity index (χ0) is 12.3. The Bertz CT molecular complexity index is 414. The molecular weight excluding hydrogens is 238 g/mol. The highest BCUT2D eigenvalue weighted by Gasteiger charge is 2.19. The van der Waals surface area contributed by atoms with E-state index in [4.69, 9.17) is 16.7 Å². The lowest BCUT2D eigenvalue weighted by Gasteiger charge is -2.13. The van der Waals surface area contributed by atoms with E-state index >= 15 is 0 Å². The van der Waals surface area contributed by atoms with Crippen LogP contribution in [0.1, 0.15) is 41.6 Å². The Balaban J connectivity index is 2.07. The van der Waals surface area contributed by atoms with Crippen LogP contribution < -0.4 is 5.32 Å². The molecule has 2 N–H and O–H groups in total. The maximum absolute atomic E-state index is 12.0. The Morgan fingerprint density at radius 3 is 2.71 bits per heavy atom. The molecule has 1 saturated carbocycles. The lowest BCUT2D eigenvalue weighted by Crippen LogP contribution is -2.32. The Morgan fingerprint density at radius 2 is 2.12 bits per heavy atom. The molecule has 1 aromatic carbocycles. The van der Waals surface area contributed by atoms with Gasteiger partial charge in [-0.25, -0.2) is 0 Å². The zero-order valence-corrected chi connectivity index (χ0v) is 10.3. The summed E-state index contributed by atoms with van der Waals surface area (Å²) in [7, 11) is 0. The van der Waals surface area contributed by atoms with Crippen LogP contribution in [0.4, 0.5) is 0 Å². The molecule has 0 bridgehead atoms. The van der Waals surface area contributed by atoms with Crippen LogP contribution in [0.2, 0.25) is 5.02 Å². The molecule has 4 heteroatoms. The number of aliphatic hydroxyl groups is 1. The molecule has 0 unspecified atom stereocenters. The molecule has 0 aromatic heterocycles. The van der Waals surface area contributed by atoms with Crippen molar-refractivity contribution in [1.29, 1.82) is 0 Å². The monoisotopic (exact) mass is 253 g/mol. The van der Waals surface area contributed by atoms with Gasteiger partial charge in [0.1, 0.15) is 0 Å². The van der Waals surface area contributed by atoms with Gasteiger partial charge in [-0.3, -0.25) is 4.79 Å². The van der Waals surface area contributed by atoms with E-state index in [1.54, 1.807) is 18.2 Å². The molecule has 0 aliphatic heterocycles. The fourth-order valence-corrected chi connectivity index (χ4v) is 2.46. The third-order valence-corrected chi connectivity index (χ3v) is 3.46. The number of aliphatic hydroxyl groups excluding tert-OH is 1. The average molecular weight is 254 g/mol. The predicted molar refractivity (Wildman–Crippen MR) is 67.1 cm³/mol. The number of amides is 1. The Hall–Kier alpha value is -1.06. The molecule has 0 radical (unpaired) electrons. The Kier molecular flexibility index (Phi) is 4.02. The fourth-order valence-electron chi connectivity index (χ4n) is 2.17. The van der Waals surface area contributed by atoms with Crippen LogP contribution in [-0.4, -0.2) is 17.1 Å². The number of benzene rings is 1. The van der Waals surface area contributed by atoms with Crippen LogP contribution in [0.25, 0.3) is 0 Å². The third-order valence-electron chi connectivity index (χ3n) is 3.15. The second-order valence-electron chi connectivity index (χ2n) is 4.43. The summed E-state index contributed by atoms with van der Waals surface area (Å²) in [5.41, 5.74) is 1.20. The summed E-state index contributed by atoms with van der Waals surface area (Å²) in [4.78, 5) is 12.0. The van der Waals surface area contributed by atoms with Crippen LogP contribution in [-0.2, 0) is 6.61 Å². The molecule has 1 aliphatic rings. The number of carbonyl (C=O) groups excluding carboxylic acids is 1. The Labute approximate surface area is 106 Å². The van der Waals surface area contributed by atoms with Gasteiger partial charge in [0.25, 0.3) is 5.91 Å². The lowest BCUT2D eigenvalue weighted by molar-refractivity contribution is 0.0938. The fraction of sp³-hybridized carbons (Fsp3) is 0.462. The van der Waals surface area contributed by atoms with Crippen molar-refractivity contribution in [3.8, 4) is 0 Å². The standard InChI is InChI=1S/C13H16ClNO2/c14-12-7-9(8-16)5-6-11(12)13(17)15-10-3-1-2-4-10/h5-7,10,16H,1-4,8H2,(H,15,17). The topological polar surface area (TPSA) is 49.3 Å². The van der Waals surface area contributed by atoms with Crippen molar-refractivity contribution in [2.75, 3.05) is 0 Å². The maximum Gasteiger partial charge on any atom is 0.253 e. The Morgan fingerprint density at radius 1 is 1.41 bits per heavy atom. The van der Waals surface area contributed by atoms with Crippen LogP contribution in [0.3, 0.4) is 0 Å². The van der Waals surface area contributed by atoms with Gasteiger partial charge in [-0.15, -0.1) is 0 Å². The first-order chi connectivity index (χ1) is 8.20. The summed E-state index contributed by atoms with van der Waals surface area (Å²) in [6.07, 6.45) is 4.47. The van der Waals surface area contributed by atoms with Gasteiger partial charge in [-0.2, -0.15) is 0 Å². The van der Waals surface area contributed by atoms with E-state index in [-0.39, 0.29) is 18.6 Å². The summed E-state index contributed by atoms with van der Waals surface area (Å²) < 4.78 is 0. The van der Waals surface area contributed by atoms with E-state index in [1.165, 1.54) is 12.8 Å². The third kappa shape index (κ3) is 2.99. The minimum Gasteiger partial charge on any atom is -0.392 e. The van der Waals surface area contributed by atoms with E-state index in [0.717, 1.165) is 12.8 Å². The summed E-state index contributed by atoms with van der Waals surface area (Å²) in [6, 6.07) is 5.30.